The second-order valence-electron chi connectivity index (χ2n) is 8.72. The van der Waals surface area contributed by atoms with Gasteiger partial charge in [-0.05, 0) is 37.5 Å². The number of nitrogens with one attached hydrogen (secondary N) is 1. The van der Waals surface area contributed by atoms with E-state index in [2.05, 4.69) is 15.1 Å². The molecule has 1 aromatic rings. The zero-order chi connectivity index (χ0) is 28.1. The molecule has 0 radical (unpaired) electrons. The lowest BCUT2D eigenvalue weighted by Crippen LogP contribution is -2.52. The van der Waals surface area contributed by atoms with Crippen molar-refractivity contribution in [3.8, 4) is 0 Å². The van der Waals surface area contributed by atoms with Crippen LogP contribution in [0.4, 0.5) is 18.9 Å². The van der Waals surface area contributed by atoms with Gasteiger partial charge >= 0.3 is 18.1 Å². The smallest absolute Gasteiger partial charge is 0.478 e. The number of alkyl halides is 3. The van der Waals surface area contributed by atoms with E-state index < -0.39 is 18.1 Å². The van der Waals surface area contributed by atoms with Gasteiger partial charge in [-0.2, -0.15) is 13.2 Å². The normalized spacial score (nSPS) is 16.6. The minimum Gasteiger partial charge on any atom is -0.478 e. The Kier molecular flexibility index (Phi) is 12.3. The molecule has 3 rings (SSSR count). The first-order valence-corrected chi connectivity index (χ1v) is 12.2. The summed E-state index contributed by atoms with van der Waals surface area (Å²) in [6.45, 7) is 6.57. The summed E-state index contributed by atoms with van der Waals surface area (Å²) in [7, 11) is 1.67. The van der Waals surface area contributed by atoms with E-state index in [0.717, 1.165) is 64.5 Å². The summed E-state index contributed by atoms with van der Waals surface area (Å²) in [5, 5.41) is 19.7. The van der Waals surface area contributed by atoms with Gasteiger partial charge in [0.25, 0.3) is 0 Å². The maximum atomic E-state index is 12.4. The number of methoxy groups -OCH3 is 1. The Morgan fingerprint density at radius 1 is 1.03 bits per heavy atom. The van der Waals surface area contributed by atoms with Crippen LogP contribution < -0.4 is 5.32 Å². The number of amides is 1. The van der Waals surface area contributed by atoms with E-state index in [1.165, 1.54) is 0 Å². The van der Waals surface area contributed by atoms with Crippen LogP contribution in [0.2, 0.25) is 0 Å². The van der Waals surface area contributed by atoms with Crippen molar-refractivity contribution >= 4 is 29.5 Å². The lowest BCUT2D eigenvalue weighted by Gasteiger charge is -2.36. The fraction of sp³-hybridized carbons (Fsp3) is 0.583. The minimum absolute atomic E-state index is 0.225. The molecular weight excluding hydrogens is 511 g/mol. The first-order chi connectivity index (χ1) is 18.0. The number of carbonyl (C=O) groups is 3. The van der Waals surface area contributed by atoms with Gasteiger partial charge in [-0.25, -0.2) is 9.59 Å². The number of carbonyl (C=O) groups excluding carboxylic acids is 1. The highest BCUT2D eigenvalue weighted by Gasteiger charge is 2.38. The number of ether oxygens (including phenoxy) is 1. The van der Waals surface area contributed by atoms with Gasteiger partial charge < -0.3 is 30.1 Å². The average Bonchev–Trinajstić information content (AvgIpc) is 3.42. The summed E-state index contributed by atoms with van der Waals surface area (Å²) < 4.78 is 36.8. The number of aliphatic carboxylic acids is 1. The van der Waals surface area contributed by atoms with E-state index in [4.69, 9.17) is 19.6 Å². The number of anilines is 1. The third kappa shape index (κ3) is 10.5. The molecular formula is C24H34F3N5O6. The number of carboxylic acids is 2. The Hall–Kier alpha value is -3.39. The Labute approximate surface area is 218 Å². The number of piperazine rings is 1. The first-order valence-electron chi connectivity index (χ1n) is 12.2. The van der Waals surface area contributed by atoms with E-state index in [0.29, 0.717) is 25.4 Å². The average molecular weight is 546 g/mol. The van der Waals surface area contributed by atoms with E-state index in [-0.39, 0.29) is 11.5 Å². The highest BCUT2D eigenvalue weighted by Crippen LogP contribution is 2.14. The molecule has 2 aliphatic heterocycles. The van der Waals surface area contributed by atoms with Crippen LogP contribution in [0.15, 0.2) is 29.3 Å². The Bertz CT molecular complexity index is 961. The highest BCUT2D eigenvalue weighted by molar-refractivity contribution is 5.96. The summed E-state index contributed by atoms with van der Waals surface area (Å²) in [6.07, 6.45) is -2.06. The van der Waals surface area contributed by atoms with Gasteiger partial charge in [-0.15, -0.1) is 0 Å². The van der Waals surface area contributed by atoms with Gasteiger partial charge in [0.05, 0.1) is 12.1 Å². The van der Waals surface area contributed by atoms with Crippen molar-refractivity contribution in [3.05, 3.63) is 29.8 Å². The topological polar surface area (TPSA) is 135 Å². The summed E-state index contributed by atoms with van der Waals surface area (Å²) >= 11 is 0. The van der Waals surface area contributed by atoms with Crippen LogP contribution in [-0.2, 0) is 14.3 Å². The molecule has 14 heteroatoms. The summed E-state index contributed by atoms with van der Waals surface area (Å²) in [4.78, 5) is 43.7. The summed E-state index contributed by atoms with van der Waals surface area (Å²) in [5.41, 5.74) is 0.922. The second kappa shape index (κ2) is 15.1. The molecule has 1 aromatic carbocycles. The number of halogens is 3. The fourth-order valence-corrected chi connectivity index (χ4v) is 3.85. The molecule has 1 amide bonds. The van der Waals surface area contributed by atoms with Crippen molar-refractivity contribution in [2.24, 2.45) is 4.99 Å². The molecule has 0 saturated carbocycles. The van der Waals surface area contributed by atoms with E-state index >= 15 is 0 Å². The Morgan fingerprint density at radius 2 is 1.66 bits per heavy atom. The fourth-order valence-electron chi connectivity index (χ4n) is 3.85. The molecule has 2 heterocycles. The van der Waals surface area contributed by atoms with Crippen LogP contribution in [-0.4, -0.2) is 121 Å². The number of guanidine groups is 1. The lowest BCUT2D eigenvalue weighted by molar-refractivity contribution is -0.192. The van der Waals surface area contributed by atoms with Crippen molar-refractivity contribution in [1.29, 1.82) is 0 Å². The van der Waals surface area contributed by atoms with Gasteiger partial charge in [-0.3, -0.25) is 14.7 Å². The maximum Gasteiger partial charge on any atom is 0.490 e. The molecule has 2 fully saturated rings. The standard InChI is InChI=1S/C22H33N5O4.C2HF3O2/c1-31-15-5-8-23-22(24-19-7-4-6-18(16-19)21(29)30)27-13-11-25(12-14-27)17-20(28)26-9-2-3-10-26;3-2(4,5)1(6)7/h4,6-7,16H,2-3,5,8-15,17H2,1H3,(H,23,24)(H,29,30);(H,6,7). The molecule has 212 valence electrons. The minimum atomic E-state index is -5.08. The van der Waals surface area contributed by atoms with Crippen molar-refractivity contribution < 1.29 is 42.5 Å². The molecule has 11 nitrogen and oxygen atoms in total. The Balaban J connectivity index is 0.000000638. The quantitative estimate of drug-likeness (QED) is 0.255. The van der Waals surface area contributed by atoms with Gasteiger partial charge in [0.15, 0.2) is 5.96 Å². The van der Waals surface area contributed by atoms with E-state index in [9.17, 15) is 27.9 Å². The maximum absolute atomic E-state index is 12.4. The zero-order valence-electron chi connectivity index (χ0n) is 21.2. The van der Waals surface area contributed by atoms with Crippen molar-refractivity contribution in [3.63, 3.8) is 0 Å². The first kappa shape index (κ1) is 30.8. The molecule has 0 bridgehead atoms. The Morgan fingerprint density at radius 3 is 2.21 bits per heavy atom. The molecule has 3 N–H and O–H groups in total. The number of likely N-dealkylation sites (tertiary alicyclic amines) is 1. The lowest BCUT2D eigenvalue weighted by atomic mass is 10.2. The van der Waals surface area contributed by atoms with E-state index in [1.807, 2.05) is 11.0 Å². The molecule has 2 aliphatic rings. The third-order valence-corrected chi connectivity index (χ3v) is 5.87. The molecule has 0 unspecified atom stereocenters. The van der Waals surface area contributed by atoms with Crippen LogP contribution in [0, 0.1) is 0 Å². The number of benzene rings is 1. The van der Waals surface area contributed by atoms with Crippen molar-refractivity contribution in [2.45, 2.75) is 25.4 Å². The SMILES string of the molecule is COCCCN=C(Nc1cccc(C(=O)O)c1)N1CCN(CC(=O)N2CCCC2)CC1.O=C(O)C(F)(F)F. The monoisotopic (exact) mass is 545 g/mol. The molecule has 0 aromatic heterocycles. The number of carboxylic acid groups (broad SMARTS) is 2. The van der Waals surface area contributed by atoms with Crippen LogP contribution in [0.5, 0.6) is 0 Å². The van der Waals surface area contributed by atoms with Gasteiger partial charge in [0, 0.05) is 65.2 Å². The largest absolute Gasteiger partial charge is 0.490 e. The van der Waals surface area contributed by atoms with Gasteiger partial charge in [0.1, 0.15) is 0 Å². The third-order valence-electron chi connectivity index (χ3n) is 5.87. The predicted molar refractivity (Wildman–Crippen MR) is 133 cm³/mol. The van der Waals surface area contributed by atoms with Gasteiger partial charge in [-0.1, -0.05) is 6.07 Å². The van der Waals surface area contributed by atoms with Crippen molar-refractivity contribution in [1.82, 2.24) is 14.7 Å². The molecule has 0 spiro atoms. The number of hydrogen-bond donors (Lipinski definition) is 3. The van der Waals surface area contributed by atoms with Crippen molar-refractivity contribution in [2.75, 3.05) is 71.4 Å². The number of nitrogens with zero attached hydrogens (tertiary/aromatic N) is 4. The van der Waals surface area contributed by atoms with E-state index in [1.54, 1.807) is 25.3 Å². The number of aromatic carboxylic acids is 1. The van der Waals surface area contributed by atoms with Crippen LogP contribution in [0.1, 0.15) is 29.6 Å². The summed E-state index contributed by atoms with van der Waals surface area (Å²) in [5.74, 6) is -2.77. The molecule has 0 atom stereocenters. The van der Waals surface area contributed by atoms with Crippen LogP contribution in [0.3, 0.4) is 0 Å². The van der Waals surface area contributed by atoms with Gasteiger partial charge in [0.2, 0.25) is 5.91 Å². The zero-order valence-corrected chi connectivity index (χ0v) is 21.2. The highest BCUT2D eigenvalue weighted by atomic mass is 19.4. The van der Waals surface area contributed by atoms with Crippen LogP contribution >= 0.6 is 0 Å². The molecule has 38 heavy (non-hydrogen) atoms. The second-order valence-corrected chi connectivity index (χ2v) is 8.72. The molecule has 2 saturated heterocycles. The predicted octanol–water partition coefficient (Wildman–Crippen LogP) is 2.06. The number of rotatable bonds is 8. The number of hydrogen-bond acceptors (Lipinski definition) is 6. The van der Waals surface area contributed by atoms with Crippen LogP contribution in [0.25, 0.3) is 0 Å². The molecule has 0 aliphatic carbocycles. The summed E-state index contributed by atoms with van der Waals surface area (Å²) in [6, 6.07) is 6.73. The number of aliphatic imine (C=N–C) groups is 1.